The molecule has 3 rings (SSSR count). The van der Waals surface area contributed by atoms with Gasteiger partial charge < -0.3 is 15.5 Å². The highest BCUT2D eigenvalue weighted by Gasteiger charge is 2.26. The molecule has 1 aromatic rings. The van der Waals surface area contributed by atoms with Crippen LogP contribution in [0.15, 0.2) is 24.3 Å². The summed E-state index contributed by atoms with van der Waals surface area (Å²) in [6.45, 7) is 2.86. The summed E-state index contributed by atoms with van der Waals surface area (Å²) >= 11 is 0. The maximum Gasteiger partial charge on any atom is 0.269 e. The molecule has 2 amide bonds. The van der Waals surface area contributed by atoms with Crippen LogP contribution >= 0.6 is 12.4 Å². The van der Waals surface area contributed by atoms with Gasteiger partial charge in [-0.1, -0.05) is 12.1 Å². The summed E-state index contributed by atoms with van der Waals surface area (Å²) in [7, 11) is 0. The first-order chi connectivity index (χ1) is 13.0. The van der Waals surface area contributed by atoms with E-state index < -0.39 is 4.92 Å². The van der Waals surface area contributed by atoms with Gasteiger partial charge in [-0.25, -0.2) is 0 Å². The highest BCUT2D eigenvalue weighted by molar-refractivity contribution is 5.85. The van der Waals surface area contributed by atoms with Gasteiger partial charge in [0.25, 0.3) is 5.69 Å². The summed E-state index contributed by atoms with van der Waals surface area (Å²) in [5.74, 6) is 0.351. The van der Waals surface area contributed by atoms with Gasteiger partial charge in [-0.15, -0.1) is 12.4 Å². The number of benzene rings is 1. The van der Waals surface area contributed by atoms with Crippen LogP contribution in [0.25, 0.3) is 0 Å². The van der Waals surface area contributed by atoms with Gasteiger partial charge in [-0.3, -0.25) is 19.7 Å². The first-order valence-electron chi connectivity index (χ1n) is 9.55. The lowest BCUT2D eigenvalue weighted by Gasteiger charge is -2.33. The fourth-order valence-electron chi connectivity index (χ4n) is 3.76. The molecule has 154 valence electrons. The van der Waals surface area contributed by atoms with Crippen LogP contribution < -0.4 is 10.6 Å². The Hall–Kier alpha value is -2.19. The van der Waals surface area contributed by atoms with Crippen molar-refractivity contribution in [1.29, 1.82) is 0 Å². The van der Waals surface area contributed by atoms with Crippen molar-refractivity contribution < 1.29 is 14.5 Å². The van der Waals surface area contributed by atoms with Crippen molar-refractivity contribution in [2.45, 2.75) is 38.1 Å². The number of likely N-dealkylation sites (tertiary alicyclic amines) is 1. The van der Waals surface area contributed by atoms with Crippen LogP contribution in [0, 0.1) is 16.0 Å². The van der Waals surface area contributed by atoms with E-state index >= 15 is 0 Å². The molecule has 2 aliphatic heterocycles. The number of nitro groups is 1. The molecule has 0 saturated carbocycles. The number of nitro benzene ring substituents is 1. The predicted molar refractivity (Wildman–Crippen MR) is 107 cm³/mol. The molecule has 9 heteroatoms. The number of hydrogen-bond donors (Lipinski definition) is 2. The lowest BCUT2D eigenvalue weighted by atomic mass is 9.97. The van der Waals surface area contributed by atoms with Crippen molar-refractivity contribution in [3.8, 4) is 0 Å². The number of nitrogens with zero attached hydrogens (tertiary/aromatic N) is 2. The molecule has 0 aromatic heterocycles. The number of nitrogens with one attached hydrogen (secondary N) is 2. The van der Waals surface area contributed by atoms with E-state index in [4.69, 9.17) is 0 Å². The van der Waals surface area contributed by atoms with E-state index in [0.29, 0.717) is 13.1 Å². The highest BCUT2D eigenvalue weighted by Crippen LogP contribution is 2.18. The Labute approximate surface area is 170 Å². The quantitative estimate of drug-likeness (QED) is 0.548. The van der Waals surface area contributed by atoms with Crippen LogP contribution in [0.5, 0.6) is 0 Å². The standard InChI is InChI=1S/C19H26N4O4.ClH/c24-18(11-14-5-7-16(8-6-14)23(26)27)22-10-2-3-15(13-22)12-21-19(25)17-4-1-9-20-17;/h5-8,15,17,20H,1-4,9-13H2,(H,21,25);1H. The Morgan fingerprint density at radius 2 is 1.96 bits per heavy atom. The molecule has 2 saturated heterocycles. The molecule has 2 atom stereocenters. The molecular formula is C19H27ClN4O4. The highest BCUT2D eigenvalue weighted by atomic mass is 35.5. The van der Waals surface area contributed by atoms with Gasteiger partial charge in [0.05, 0.1) is 17.4 Å². The fraction of sp³-hybridized carbons (Fsp3) is 0.579. The summed E-state index contributed by atoms with van der Waals surface area (Å²) in [5.41, 5.74) is 0.796. The van der Waals surface area contributed by atoms with Crippen molar-refractivity contribution >= 4 is 29.9 Å². The average molecular weight is 411 g/mol. The normalized spacial score (nSPS) is 21.6. The second-order valence-corrected chi connectivity index (χ2v) is 7.34. The van der Waals surface area contributed by atoms with Gasteiger partial charge in [-0.2, -0.15) is 0 Å². The average Bonchev–Trinajstić information content (AvgIpc) is 3.21. The van der Waals surface area contributed by atoms with Crippen LogP contribution in [0.3, 0.4) is 0 Å². The van der Waals surface area contributed by atoms with Gasteiger partial charge in [0.15, 0.2) is 0 Å². The summed E-state index contributed by atoms with van der Waals surface area (Å²) in [6.07, 6.45) is 4.08. The third-order valence-electron chi connectivity index (χ3n) is 5.32. The van der Waals surface area contributed by atoms with Gasteiger partial charge >= 0.3 is 0 Å². The number of carbonyl (C=O) groups excluding carboxylic acids is 2. The Kier molecular flexibility index (Phi) is 8.19. The molecule has 0 spiro atoms. The molecule has 2 aliphatic rings. The van der Waals surface area contributed by atoms with E-state index in [1.165, 1.54) is 12.1 Å². The van der Waals surface area contributed by atoms with E-state index in [9.17, 15) is 19.7 Å². The van der Waals surface area contributed by atoms with Gasteiger partial charge in [0, 0.05) is 31.8 Å². The maximum atomic E-state index is 12.6. The zero-order chi connectivity index (χ0) is 19.2. The van der Waals surface area contributed by atoms with Crippen LogP contribution in [-0.2, 0) is 16.0 Å². The van der Waals surface area contributed by atoms with Crippen molar-refractivity contribution in [1.82, 2.24) is 15.5 Å². The minimum atomic E-state index is -0.448. The first-order valence-corrected chi connectivity index (χ1v) is 9.55. The minimum Gasteiger partial charge on any atom is -0.354 e. The fourth-order valence-corrected chi connectivity index (χ4v) is 3.76. The van der Waals surface area contributed by atoms with E-state index in [1.807, 2.05) is 4.90 Å². The monoisotopic (exact) mass is 410 g/mol. The summed E-state index contributed by atoms with van der Waals surface area (Å²) < 4.78 is 0. The molecule has 1 aromatic carbocycles. The zero-order valence-corrected chi connectivity index (χ0v) is 16.6. The predicted octanol–water partition coefficient (Wildman–Crippen LogP) is 1.67. The molecule has 0 bridgehead atoms. The number of non-ortho nitro benzene ring substituents is 1. The van der Waals surface area contributed by atoms with Gasteiger partial charge in [0.2, 0.25) is 11.8 Å². The number of halogens is 1. The zero-order valence-electron chi connectivity index (χ0n) is 15.8. The third kappa shape index (κ3) is 5.90. The lowest BCUT2D eigenvalue weighted by Crippen LogP contribution is -2.47. The minimum absolute atomic E-state index is 0. The SMILES string of the molecule is Cl.O=C(NCC1CCCN(C(=O)Cc2ccc([N+](=O)[O-])cc2)C1)C1CCCN1. The summed E-state index contributed by atoms with van der Waals surface area (Å²) in [6, 6.07) is 6.04. The number of amides is 2. The Bertz CT molecular complexity index is 692. The number of carbonyl (C=O) groups is 2. The van der Waals surface area contributed by atoms with Crippen LogP contribution in [0.2, 0.25) is 0 Å². The van der Waals surface area contributed by atoms with Crippen molar-refractivity contribution in [2.24, 2.45) is 5.92 Å². The third-order valence-corrected chi connectivity index (χ3v) is 5.32. The Morgan fingerprint density at radius 3 is 2.61 bits per heavy atom. The van der Waals surface area contributed by atoms with Crippen molar-refractivity contribution in [3.63, 3.8) is 0 Å². The van der Waals surface area contributed by atoms with Crippen molar-refractivity contribution in [2.75, 3.05) is 26.2 Å². The first kappa shape index (κ1) is 22.1. The van der Waals surface area contributed by atoms with Crippen LogP contribution in [0.1, 0.15) is 31.2 Å². The van der Waals surface area contributed by atoms with Gasteiger partial charge in [-0.05, 0) is 43.7 Å². The summed E-state index contributed by atoms with van der Waals surface area (Å²) in [4.78, 5) is 36.8. The molecule has 2 heterocycles. The molecule has 2 fully saturated rings. The lowest BCUT2D eigenvalue weighted by molar-refractivity contribution is -0.384. The number of hydrogen-bond acceptors (Lipinski definition) is 5. The molecule has 0 aliphatic carbocycles. The van der Waals surface area contributed by atoms with E-state index in [-0.39, 0.29) is 48.3 Å². The number of piperidine rings is 1. The van der Waals surface area contributed by atoms with E-state index in [2.05, 4.69) is 10.6 Å². The number of rotatable bonds is 6. The smallest absolute Gasteiger partial charge is 0.269 e. The Balaban J connectivity index is 0.00000280. The summed E-state index contributed by atoms with van der Waals surface area (Å²) in [5, 5.41) is 16.9. The second-order valence-electron chi connectivity index (χ2n) is 7.34. The maximum absolute atomic E-state index is 12.6. The topological polar surface area (TPSA) is 105 Å². The molecule has 2 unspecified atom stereocenters. The van der Waals surface area contributed by atoms with Crippen molar-refractivity contribution in [3.05, 3.63) is 39.9 Å². The largest absolute Gasteiger partial charge is 0.354 e. The van der Waals surface area contributed by atoms with E-state index in [0.717, 1.165) is 44.3 Å². The van der Waals surface area contributed by atoms with Crippen LogP contribution in [0.4, 0.5) is 5.69 Å². The molecular weight excluding hydrogens is 384 g/mol. The molecule has 0 radical (unpaired) electrons. The Morgan fingerprint density at radius 1 is 1.21 bits per heavy atom. The van der Waals surface area contributed by atoms with E-state index in [1.54, 1.807) is 12.1 Å². The van der Waals surface area contributed by atoms with Crippen LogP contribution in [-0.4, -0.2) is 53.9 Å². The molecule has 8 nitrogen and oxygen atoms in total. The molecule has 2 N–H and O–H groups in total. The van der Waals surface area contributed by atoms with Gasteiger partial charge in [0.1, 0.15) is 0 Å². The second kappa shape index (κ2) is 10.4. The molecule has 28 heavy (non-hydrogen) atoms.